The summed E-state index contributed by atoms with van der Waals surface area (Å²) in [5.74, 6) is -0.125. The number of hydrogen-bond acceptors (Lipinski definition) is 6. The van der Waals surface area contributed by atoms with Crippen LogP contribution in [-0.2, 0) is 29.2 Å². The standard InChI is InChI=1S/C22H46O8S2/c1-3-4-5-6-7-8-9-10-11-12-13-14-15-16-18-21(2)22(30-32(26,27)28)19-17-20-29-31(23,24)25/h21-22H,3-20H2,1-2H3,(H,23,24,25)(H,26,27,28). The molecule has 32 heavy (non-hydrogen) atoms. The first-order valence-corrected chi connectivity index (χ1v) is 15.1. The third kappa shape index (κ3) is 22.9. The van der Waals surface area contributed by atoms with Crippen molar-refractivity contribution in [3.63, 3.8) is 0 Å². The molecular formula is C22H46O8S2. The SMILES string of the molecule is CCCCCCCCCCCCCCCCC(C)C(CCCOS(=O)(=O)O)OS(=O)(=O)O. The Morgan fingerprint density at radius 1 is 0.625 bits per heavy atom. The maximum Gasteiger partial charge on any atom is 0.397 e. The number of unbranched alkanes of at least 4 members (excludes halogenated alkanes) is 13. The second kappa shape index (κ2) is 19.1. The smallest absolute Gasteiger partial charge is 0.264 e. The molecule has 0 aliphatic rings. The summed E-state index contributed by atoms with van der Waals surface area (Å²) >= 11 is 0. The Labute approximate surface area is 196 Å². The lowest BCUT2D eigenvalue weighted by atomic mass is 9.94. The fraction of sp³-hybridized carbons (Fsp3) is 1.00. The number of rotatable bonds is 23. The van der Waals surface area contributed by atoms with E-state index in [2.05, 4.69) is 11.1 Å². The highest BCUT2D eigenvalue weighted by atomic mass is 32.3. The van der Waals surface area contributed by atoms with Crippen molar-refractivity contribution in [1.29, 1.82) is 0 Å². The molecule has 8 nitrogen and oxygen atoms in total. The third-order valence-corrected chi connectivity index (χ3v) is 6.71. The molecular weight excluding hydrogens is 456 g/mol. The van der Waals surface area contributed by atoms with E-state index in [-0.39, 0.29) is 25.4 Å². The zero-order valence-electron chi connectivity index (χ0n) is 20.0. The van der Waals surface area contributed by atoms with Crippen molar-refractivity contribution >= 4 is 20.8 Å². The molecule has 0 aromatic carbocycles. The molecule has 0 aliphatic heterocycles. The lowest BCUT2D eigenvalue weighted by molar-refractivity contribution is 0.108. The Morgan fingerprint density at radius 3 is 1.47 bits per heavy atom. The zero-order valence-corrected chi connectivity index (χ0v) is 21.7. The minimum absolute atomic E-state index is 0.125. The summed E-state index contributed by atoms with van der Waals surface area (Å²) in [6.45, 7) is 3.81. The average Bonchev–Trinajstić information content (AvgIpc) is 2.68. The normalized spacial score (nSPS) is 14.5. The Kier molecular flexibility index (Phi) is 18.9. The van der Waals surface area contributed by atoms with Gasteiger partial charge in [0.05, 0.1) is 12.7 Å². The van der Waals surface area contributed by atoms with Crippen LogP contribution in [0.4, 0.5) is 0 Å². The molecule has 0 amide bonds. The van der Waals surface area contributed by atoms with Crippen LogP contribution in [-0.4, -0.2) is 38.7 Å². The molecule has 194 valence electrons. The van der Waals surface area contributed by atoms with E-state index in [9.17, 15) is 16.8 Å². The summed E-state index contributed by atoms with van der Waals surface area (Å²) in [6, 6.07) is 0. The van der Waals surface area contributed by atoms with Crippen LogP contribution in [0.15, 0.2) is 0 Å². The molecule has 0 radical (unpaired) electrons. The van der Waals surface area contributed by atoms with Gasteiger partial charge in [0.25, 0.3) is 0 Å². The highest BCUT2D eigenvalue weighted by molar-refractivity contribution is 7.81. The van der Waals surface area contributed by atoms with Gasteiger partial charge in [-0.1, -0.05) is 104 Å². The molecule has 0 aromatic rings. The summed E-state index contributed by atoms with van der Waals surface area (Å²) < 4.78 is 69.9. The minimum Gasteiger partial charge on any atom is -0.264 e. The van der Waals surface area contributed by atoms with Gasteiger partial charge in [0.15, 0.2) is 0 Å². The first-order valence-electron chi connectivity index (χ1n) is 12.3. The van der Waals surface area contributed by atoms with Gasteiger partial charge >= 0.3 is 20.8 Å². The molecule has 0 saturated carbocycles. The second-order valence-electron chi connectivity index (χ2n) is 8.82. The molecule has 2 N–H and O–H groups in total. The lowest BCUT2D eigenvalue weighted by Crippen LogP contribution is -2.26. The largest absolute Gasteiger partial charge is 0.397 e. The first kappa shape index (κ1) is 31.7. The summed E-state index contributed by atoms with van der Waals surface area (Å²) in [7, 11) is -9.12. The molecule has 10 heteroatoms. The van der Waals surface area contributed by atoms with Gasteiger partial charge in [-0.25, -0.2) is 8.37 Å². The van der Waals surface area contributed by atoms with Crippen molar-refractivity contribution in [3.8, 4) is 0 Å². The molecule has 0 aromatic heterocycles. The van der Waals surface area contributed by atoms with Gasteiger partial charge in [0, 0.05) is 0 Å². The molecule has 0 bridgehead atoms. The highest BCUT2D eigenvalue weighted by Crippen LogP contribution is 2.22. The van der Waals surface area contributed by atoms with E-state index in [1.807, 2.05) is 6.92 Å². The molecule has 0 fully saturated rings. The molecule has 0 saturated heterocycles. The predicted octanol–water partition coefficient (Wildman–Crippen LogP) is 6.28. The van der Waals surface area contributed by atoms with Gasteiger partial charge in [-0.15, -0.1) is 0 Å². The summed E-state index contributed by atoms with van der Waals surface area (Å²) in [6.07, 6.45) is 18.0. The summed E-state index contributed by atoms with van der Waals surface area (Å²) in [5, 5.41) is 0. The van der Waals surface area contributed by atoms with Gasteiger partial charge in [0.1, 0.15) is 0 Å². The van der Waals surface area contributed by atoms with Crippen LogP contribution in [0, 0.1) is 5.92 Å². The van der Waals surface area contributed by atoms with E-state index in [4.69, 9.17) is 13.3 Å². The van der Waals surface area contributed by atoms with Crippen molar-refractivity contribution in [3.05, 3.63) is 0 Å². The molecule has 0 spiro atoms. The Hall–Kier alpha value is -0.260. The molecule has 0 rings (SSSR count). The van der Waals surface area contributed by atoms with Crippen LogP contribution in [0.5, 0.6) is 0 Å². The van der Waals surface area contributed by atoms with E-state index < -0.39 is 26.9 Å². The van der Waals surface area contributed by atoms with Crippen LogP contribution in [0.2, 0.25) is 0 Å². The lowest BCUT2D eigenvalue weighted by Gasteiger charge is -2.22. The van der Waals surface area contributed by atoms with E-state index >= 15 is 0 Å². The van der Waals surface area contributed by atoms with E-state index in [1.54, 1.807) is 0 Å². The maximum absolute atomic E-state index is 11.1. The van der Waals surface area contributed by atoms with E-state index in [0.717, 1.165) is 25.7 Å². The van der Waals surface area contributed by atoms with Crippen molar-refractivity contribution in [2.75, 3.05) is 6.61 Å². The van der Waals surface area contributed by atoms with Gasteiger partial charge in [-0.3, -0.25) is 9.11 Å². The van der Waals surface area contributed by atoms with E-state index in [1.165, 1.54) is 70.6 Å². The van der Waals surface area contributed by atoms with Crippen molar-refractivity contribution in [2.45, 2.75) is 129 Å². The average molecular weight is 503 g/mol. The zero-order chi connectivity index (χ0) is 24.3. The second-order valence-corrected chi connectivity index (χ2v) is 11.0. The van der Waals surface area contributed by atoms with Crippen molar-refractivity contribution in [1.82, 2.24) is 0 Å². The summed E-state index contributed by atoms with van der Waals surface area (Å²) in [5.41, 5.74) is 0. The van der Waals surface area contributed by atoms with Gasteiger partial charge in [-0.05, 0) is 25.2 Å². The van der Waals surface area contributed by atoms with Crippen LogP contribution in [0.1, 0.15) is 123 Å². The predicted molar refractivity (Wildman–Crippen MR) is 127 cm³/mol. The monoisotopic (exact) mass is 502 g/mol. The Morgan fingerprint density at radius 2 is 1.06 bits per heavy atom. The van der Waals surface area contributed by atoms with Crippen LogP contribution < -0.4 is 0 Å². The fourth-order valence-electron chi connectivity index (χ4n) is 3.88. The minimum atomic E-state index is -4.60. The van der Waals surface area contributed by atoms with Crippen molar-refractivity contribution in [2.24, 2.45) is 5.92 Å². The summed E-state index contributed by atoms with van der Waals surface area (Å²) in [4.78, 5) is 0. The molecule has 2 atom stereocenters. The topological polar surface area (TPSA) is 127 Å². The fourth-order valence-corrected chi connectivity index (χ4v) is 4.81. The van der Waals surface area contributed by atoms with Gasteiger partial charge in [0.2, 0.25) is 0 Å². The molecule has 0 heterocycles. The number of hydrogen-bond donors (Lipinski definition) is 2. The highest BCUT2D eigenvalue weighted by Gasteiger charge is 2.23. The molecule has 0 aliphatic carbocycles. The molecule has 2 unspecified atom stereocenters. The van der Waals surface area contributed by atoms with Crippen LogP contribution in [0.3, 0.4) is 0 Å². The van der Waals surface area contributed by atoms with Gasteiger partial charge < -0.3 is 0 Å². The Bertz CT molecular complexity index is 634. The van der Waals surface area contributed by atoms with Crippen LogP contribution >= 0.6 is 0 Å². The van der Waals surface area contributed by atoms with Crippen molar-refractivity contribution < 1.29 is 34.3 Å². The third-order valence-electron chi connectivity index (χ3n) is 5.76. The first-order chi connectivity index (χ1) is 15.0. The van der Waals surface area contributed by atoms with Crippen LogP contribution in [0.25, 0.3) is 0 Å². The quantitative estimate of drug-likeness (QED) is 0.123. The Balaban J connectivity index is 3.85. The maximum atomic E-state index is 11.1. The van der Waals surface area contributed by atoms with Gasteiger partial charge in [-0.2, -0.15) is 16.8 Å². The van der Waals surface area contributed by atoms with E-state index in [0.29, 0.717) is 0 Å².